The van der Waals surface area contributed by atoms with E-state index in [-0.39, 0.29) is 18.0 Å². The minimum absolute atomic E-state index is 0.104. The third-order valence-electron chi connectivity index (χ3n) is 4.25. The van der Waals surface area contributed by atoms with E-state index in [1.165, 1.54) is 18.6 Å². The van der Waals surface area contributed by atoms with Gasteiger partial charge >= 0.3 is 0 Å². The third kappa shape index (κ3) is 3.26. The maximum absolute atomic E-state index is 13.3. The van der Waals surface area contributed by atoms with Crippen LogP contribution in [0.25, 0.3) is 0 Å². The van der Waals surface area contributed by atoms with Gasteiger partial charge in [-0.15, -0.1) is 0 Å². The molecule has 0 amide bonds. The molecule has 20 heavy (non-hydrogen) atoms. The Labute approximate surface area is 120 Å². The van der Waals surface area contributed by atoms with E-state index in [0.29, 0.717) is 6.61 Å². The Bertz CT molecular complexity index is 470. The molecule has 0 atom stereocenters. The molecule has 0 heterocycles. The van der Waals surface area contributed by atoms with Crippen LogP contribution >= 0.6 is 0 Å². The zero-order valence-electron chi connectivity index (χ0n) is 12.4. The number of carbonyl (C=O) groups is 1. The van der Waals surface area contributed by atoms with Crippen LogP contribution in [0.15, 0.2) is 18.2 Å². The summed E-state index contributed by atoms with van der Waals surface area (Å²) in [6.07, 6.45) is 5.11. The van der Waals surface area contributed by atoms with E-state index < -0.39 is 5.60 Å². The SMILES string of the molecule is CCOC1(C(=O)Cc2cc(F)ccc2C)CCCCC1. The summed E-state index contributed by atoms with van der Waals surface area (Å²) in [5.41, 5.74) is 1.10. The van der Waals surface area contributed by atoms with Gasteiger partial charge in [-0.3, -0.25) is 4.79 Å². The summed E-state index contributed by atoms with van der Waals surface area (Å²) in [4.78, 5) is 12.7. The Balaban J connectivity index is 2.18. The first kappa shape index (κ1) is 15.2. The molecule has 0 saturated heterocycles. The second kappa shape index (κ2) is 6.49. The van der Waals surface area contributed by atoms with Crippen molar-refractivity contribution in [3.8, 4) is 0 Å². The monoisotopic (exact) mass is 278 g/mol. The van der Waals surface area contributed by atoms with E-state index in [9.17, 15) is 9.18 Å². The Hall–Kier alpha value is -1.22. The van der Waals surface area contributed by atoms with Crippen LogP contribution in [-0.4, -0.2) is 18.0 Å². The van der Waals surface area contributed by atoms with E-state index in [2.05, 4.69) is 0 Å². The lowest BCUT2D eigenvalue weighted by Gasteiger charge is -2.35. The zero-order valence-corrected chi connectivity index (χ0v) is 12.4. The predicted octanol–water partition coefficient (Wildman–Crippen LogP) is 3.99. The Morgan fingerprint density at radius 3 is 2.65 bits per heavy atom. The molecule has 1 aliphatic carbocycles. The van der Waals surface area contributed by atoms with Crippen molar-refractivity contribution in [1.82, 2.24) is 0 Å². The Morgan fingerprint density at radius 1 is 1.30 bits per heavy atom. The largest absolute Gasteiger partial charge is 0.367 e. The van der Waals surface area contributed by atoms with Crippen LogP contribution in [-0.2, 0) is 16.0 Å². The molecule has 1 saturated carbocycles. The number of hydrogen-bond acceptors (Lipinski definition) is 2. The molecule has 2 rings (SSSR count). The Morgan fingerprint density at radius 2 is 2.00 bits per heavy atom. The van der Waals surface area contributed by atoms with Crippen molar-refractivity contribution >= 4 is 5.78 Å². The molecule has 0 radical (unpaired) electrons. The molecule has 1 aliphatic rings. The average Bonchev–Trinajstić information content (AvgIpc) is 2.44. The van der Waals surface area contributed by atoms with E-state index in [0.717, 1.165) is 36.8 Å². The van der Waals surface area contributed by atoms with E-state index in [4.69, 9.17) is 4.74 Å². The number of ketones is 1. The topological polar surface area (TPSA) is 26.3 Å². The highest BCUT2D eigenvalue weighted by Crippen LogP contribution is 2.33. The number of ether oxygens (including phenoxy) is 1. The van der Waals surface area contributed by atoms with Gasteiger partial charge in [0.05, 0.1) is 0 Å². The van der Waals surface area contributed by atoms with Gasteiger partial charge in [0.15, 0.2) is 5.78 Å². The Kier molecular flexibility index (Phi) is 4.92. The number of rotatable bonds is 5. The first-order chi connectivity index (χ1) is 9.57. The summed E-state index contributed by atoms with van der Waals surface area (Å²) in [6.45, 7) is 4.39. The van der Waals surface area contributed by atoms with Crippen LogP contribution < -0.4 is 0 Å². The van der Waals surface area contributed by atoms with Gasteiger partial charge in [0.1, 0.15) is 11.4 Å². The van der Waals surface area contributed by atoms with Crippen LogP contribution in [0.4, 0.5) is 4.39 Å². The van der Waals surface area contributed by atoms with E-state index in [1.807, 2.05) is 13.8 Å². The fourth-order valence-electron chi connectivity index (χ4n) is 3.07. The fourth-order valence-corrected chi connectivity index (χ4v) is 3.07. The highest BCUT2D eigenvalue weighted by atomic mass is 19.1. The van der Waals surface area contributed by atoms with Gasteiger partial charge in [0.2, 0.25) is 0 Å². The molecule has 1 aromatic carbocycles. The number of benzene rings is 1. The summed E-state index contributed by atoms with van der Waals surface area (Å²) in [7, 11) is 0. The van der Waals surface area contributed by atoms with Crippen LogP contribution in [0.1, 0.15) is 50.2 Å². The predicted molar refractivity (Wildman–Crippen MR) is 77.3 cm³/mol. The lowest BCUT2D eigenvalue weighted by molar-refractivity contribution is -0.148. The first-order valence-electron chi connectivity index (χ1n) is 7.50. The minimum atomic E-state index is -0.633. The van der Waals surface area contributed by atoms with Gasteiger partial charge in [-0.2, -0.15) is 0 Å². The van der Waals surface area contributed by atoms with Crippen molar-refractivity contribution in [2.75, 3.05) is 6.61 Å². The molecule has 0 aromatic heterocycles. The molecule has 0 unspecified atom stereocenters. The van der Waals surface area contributed by atoms with Crippen molar-refractivity contribution in [3.05, 3.63) is 35.1 Å². The molecule has 110 valence electrons. The second-order valence-corrected chi connectivity index (χ2v) is 5.66. The third-order valence-corrected chi connectivity index (χ3v) is 4.25. The van der Waals surface area contributed by atoms with Crippen LogP contribution in [0, 0.1) is 12.7 Å². The van der Waals surface area contributed by atoms with E-state index in [1.54, 1.807) is 6.07 Å². The quantitative estimate of drug-likeness (QED) is 0.814. The maximum atomic E-state index is 13.3. The van der Waals surface area contributed by atoms with Gasteiger partial charge in [0, 0.05) is 13.0 Å². The van der Waals surface area contributed by atoms with Crippen molar-refractivity contribution < 1.29 is 13.9 Å². The maximum Gasteiger partial charge on any atom is 0.168 e. The lowest BCUT2D eigenvalue weighted by atomic mass is 9.79. The number of carbonyl (C=O) groups excluding carboxylic acids is 1. The highest BCUT2D eigenvalue weighted by molar-refractivity contribution is 5.89. The van der Waals surface area contributed by atoms with E-state index >= 15 is 0 Å². The zero-order chi connectivity index (χ0) is 14.6. The smallest absolute Gasteiger partial charge is 0.168 e. The summed E-state index contributed by atoms with van der Waals surface area (Å²) in [6, 6.07) is 4.63. The summed E-state index contributed by atoms with van der Waals surface area (Å²) < 4.78 is 19.2. The van der Waals surface area contributed by atoms with Gasteiger partial charge in [-0.25, -0.2) is 4.39 Å². The summed E-state index contributed by atoms with van der Waals surface area (Å²) in [5, 5.41) is 0. The molecular weight excluding hydrogens is 255 g/mol. The second-order valence-electron chi connectivity index (χ2n) is 5.66. The van der Waals surface area contributed by atoms with Crippen LogP contribution in [0.3, 0.4) is 0 Å². The van der Waals surface area contributed by atoms with Crippen LogP contribution in [0.5, 0.6) is 0 Å². The molecule has 1 aromatic rings. The molecule has 0 bridgehead atoms. The molecule has 1 fully saturated rings. The fraction of sp³-hybridized carbons (Fsp3) is 0.588. The van der Waals surface area contributed by atoms with Crippen molar-refractivity contribution in [3.63, 3.8) is 0 Å². The summed E-state index contributed by atoms with van der Waals surface area (Å²) in [5.74, 6) is -0.180. The average molecular weight is 278 g/mol. The minimum Gasteiger partial charge on any atom is -0.367 e. The van der Waals surface area contributed by atoms with Crippen molar-refractivity contribution in [2.45, 2.75) is 58.0 Å². The molecule has 0 spiro atoms. The molecule has 0 aliphatic heterocycles. The van der Waals surface area contributed by atoms with Gasteiger partial charge in [-0.1, -0.05) is 25.3 Å². The van der Waals surface area contributed by atoms with Gasteiger partial charge < -0.3 is 4.74 Å². The molecule has 0 N–H and O–H groups in total. The normalized spacial score (nSPS) is 17.9. The van der Waals surface area contributed by atoms with Crippen molar-refractivity contribution in [1.29, 1.82) is 0 Å². The molecular formula is C17H23FO2. The number of hydrogen-bond donors (Lipinski definition) is 0. The van der Waals surface area contributed by atoms with Gasteiger partial charge in [-0.05, 0) is 49.9 Å². The lowest BCUT2D eigenvalue weighted by Crippen LogP contribution is -2.44. The van der Waals surface area contributed by atoms with Crippen molar-refractivity contribution in [2.24, 2.45) is 0 Å². The van der Waals surface area contributed by atoms with Crippen LogP contribution in [0.2, 0.25) is 0 Å². The molecule has 2 nitrogen and oxygen atoms in total. The standard InChI is InChI=1S/C17H23FO2/c1-3-20-17(9-5-4-6-10-17)16(19)12-14-11-15(18)8-7-13(14)2/h7-8,11H,3-6,9-10,12H2,1-2H3. The molecule has 3 heteroatoms. The highest BCUT2D eigenvalue weighted by Gasteiger charge is 2.39. The summed E-state index contributed by atoms with van der Waals surface area (Å²) >= 11 is 0. The van der Waals surface area contributed by atoms with Gasteiger partial charge in [0.25, 0.3) is 0 Å². The number of aryl methyl sites for hydroxylation is 1. The number of halogens is 1. The number of Topliss-reactive ketones (excluding diaryl/α,β-unsaturated/α-hetero) is 1. The first-order valence-corrected chi connectivity index (χ1v) is 7.50.